The number of fused-ring (bicyclic) bond motifs is 2. The molecule has 2 unspecified atom stereocenters. The highest BCUT2D eigenvalue weighted by Crippen LogP contribution is 2.51. The van der Waals surface area contributed by atoms with Crippen molar-refractivity contribution in [3.8, 4) is 23.6 Å². The number of benzene rings is 2. The van der Waals surface area contributed by atoms with Crippen LogP contribution in [-0.2, 0) is 94.2 Å². The minimum Gasteiger partial charge on any atom is -0.465 e. The Morgan fingerprint density at radius 3 is 1.57 bits per heavy atom. The molecule has 6 aromatic rings. The highest BCUT2D eigenvalue weighted by Gasteiger charge is 2.63. The molecule has 554 valence electrons. The summed E-state index contributed by atoms with van der Waals surface area (Å²) in [5, 5.41) is 59.9. The molecule has 0 bridgehead atoms. The molecule has 2 aromatic carbocycles. The molecule has 8 rings (SSSR count). The van der Waals surface area contributed by atoms with E-state index in [9.17, 15) is 44.5 Å². The number of hydrogen-bond acceptors (Lipinski definition) is 26. The van der Waals surface area contributed by atoms with Crippen LogP contribution in [-0.4, -0.2) is 138 Å². The zero-order chi connectivity index (χ0) is 75.5. The van der Waals surface area contributed by atoms with E-state index in [-0.39, 0.29) is 93.7 Å². The molecule has 8 N–H and O–H groups in total. The fraction of sp³-hybridized carbons (Fsp3) is 0.571. The Hall–Kier alpha value is -8.12. The third-order valence-corrected chi connectivity index (χ3v) is 20.6. The van der Waals surface area contributed by atoms with Crippen LogP contribution in [0.2, 0.25) is 0 Å². The van der Waals surface area contributed by atoms with E-state index < -0.39 is 130 Å². The molecule has 2 fully saturated rings. The Morgan fingerprint density at radius 2 is 1.09 bits per heavy atom. The van der Waals surface area contributed by atoms with E-state index in [0.29, 0.717) is 6.42 Å². The average Bonchev–Trinajstić information content (AvgIpc) is 1.58. The lowest BCUT2D eigenvalue weighted by molar-refractivity contribution is -0.173. The van der Waals surface area contributed by atoms with E-state index in [1.165, 1.54) is 47.1 Å². The number of nitrogens with one attached hydrogen (secondary N) is 2. The number of hydrogen-bond donors (Lipinski definition) is 6. The van der Waals surface area contributed by atoms with Gasteiger partial charge >= 0.3 is 39.4 Å². The van der Waals surface area contributed by atoms with Crippen molar-refractivity contribution in [1.29, 1.82) is 10.5 Å². The van der Waals surface area contributed by atoms with Gasteiger partial charge in [0.1, 0.15) is 77.5 Å². The summed E-state index contributed by atoms with van der Waals surface area (Å²) < 4.78 is 92.9. The van der Waals surface area contributed by atoms with Crippen LogP contribution in [0.3, 0.4) is 0 Å². The first kappa shape index (κ1) is 79.6. The number of nitrogen functional groups attached to an aromatic ring is 2. The number of carbonyl (C=O) groups excluding carboxylic acids is 4. The highest BCUT2D eigenvalue weighted by atomic mass is 31.2. The predicted octanol–water partition coefficient (Wildman–Crippen LogP) is 9.17. The Morgan fingerprint density at radius 1 is 0.627 bits per heavy atom. The molecular formula is C70H96N12O18P2. The number of nitrogens with two attached hydrogens (primary N) is 2. The second kappa shape index (κ2) is 31.1. The van der Waals surface area contributed by atoms with Crippen LogP contribution in [0.4, 0.5) is 11.6 Å². The largest absolute Gasteiger partial charge is 0.465 e. The van der Waals surface area contributed by atoms with Gasteiger partial charge in [-0.05, 0) is 108 Å². The summed E-state index contributed by atoms with van der Waals surface area (Å²) in [5.74, 6) is -4.31. The SMILES string of the molecule is CC(C)C(=O)O[C@H]1[C@@H](OC(=O)C(C)C)[C@](C#N)(c2ccc3c(N)ncnn23)O[C@@H]1COP(=O)(N[C@@H](C)C(=O)OCCC(C)(C)Cc1nc(N)c2ccc([C@]3(C#N)O[C@H](COP(=O)(N[C@@H](C)C(=O)OCCC(C)(C)C)Oc4ccc(C(C)(C)C)cc4)[C@@H](O)[C@H]3O)n2n1)Oc1ccc(C(C)(C)C)cc1. The third-order valence-electron chi connectivity index (χ3n) is 17.3. The van der Waals surface area contributed by atoms with Crippen molar-refractivity contribution >= 4 is 62.0 Å². The lowest BCUT2D eigenvalue weighted by Gasteiger charge is -2.29. The number of aliphatic hydroxyl groups is 2. The number of rotatable bonds is 29. The van der Waals surface area contributed by atoms with Crippen LogP contribution in [0.1, 0.15) is 159 Å². The van der Waals surface area contributed by atoms with Crippen LogP contribution in [0.15, 0.2) is 79.1 Å². The summed E-state index contributed by atoms with van der Waals surface area (Å²) in [5.41, 5.74) is 8.97. The number of nitriles is 2. The minimum absolute atomic E-state index is 0.0158. The molecule has 2 aliphatic rings. The quantitative estimate of drug-likeness (QED) is 0.0145. The first-order chi connectivity index (χ1) is 47.5. The van der Waals surface area contributed by atoms with E-state index in [1.807, 2.05) is 82.2 Å². The number of carbonyl (C=O) groups is 4. The van der Waals surface area contributed by atoms with Crippen molar-refractivity contribution in [3.63, 3.8) is 0 Å². The van der Waals surface area contributed by atoms with Gasteiger partial charge in [0.05, 0.1) is 49.7 Å². The van der Waals surface area contributed by atoms with Crippen molar-refractivity contribution in [2.75, 3.05) is 37.9 Å². The molecule has 102 heavy (non-hydrogen) atoms. The van der Waals surface area contributed by atoms with Gasteiger partial charge in [0.25, 0.3) is 0 Å². The van der Waals surface area contributed by atoms with E-state index in [1.54, 1.807) is 76.2 Å². The monoisotopic (exact) mass is 1450 g/mol. The first-order valence-corrected chi connectivity index (χ1v) is 36.7. The first-order valence-electron chi connectivity index (χ1n) is 33.6. The average molecular weight is 1460 g/mol. The van der Waals surface area contributed by atoms with Crippen LogP contribution in [0.5, 0.6) is 11.5 Å². The number of aliphatic hydroxyl groups excluding tert-OH is 2. The summed E-state index contributed by atoms with van der Waals surface area (Å²) in [7, 11) is -9.37. The summed E-state index contributed by atoms with van der Waals surface area (Å²) in [4.78, 5) is 63.0. The highest BCUT2D eigenvalue weighted by molar-refractivity contribution is 7.52. The zero-order valence-electron chi connectivity index (χ0n) is 60.8. The Kier molecular flexibility index (Phi) is 24.2. The van der Waals surface area contributed by atoms with E-state index in [2.05, 4.69) is 31.3 Å². The number of ether oxygens (including phenoxy) is 6. The third kappa shape index (κ3) is 18.4. The molecule has 30 nitrogen and oxygen atoms in total. The maximum atomic E-state index is 15.3. The van der Waals surface area contributed by atoms with Crippen molar-refractivity contribution in [2.45, 2.75) is 208 Å². The van der Waals surface area contributed by atoms with Gasteiger partial charge in [-0.1, -0.05) is 128 Å². The van der Waals surface area contributed by atoms with Crippen LogP contribution in [0, 0.1) is 45.3 Å². The summed E-state index contributed by atoms with van der Waals surface area (Å²) >= 11 is 0. The number of anilines is 2. The van der Waals surface area contributed by atoms with Crippen molar-refractivity contribution in [3.05, 3.63) is 107 Å². The van der Waals surface area contributed by atoms with E-state index in [4.69, 9.17) is 63.1 Å². The fourth-order valence-corrected chi connectivity index (χ4v) is 14.1. The normalized spacial score (nSPS) is 22.9. The lowest BCUT2D eigenvalue weighted by atomic mass is 9.86. The number of nitrogens with zero attached hydrogens (tertiary/aromatic N) is 8. The molecule has 12 atom stereocenters. The Balaban J connectivity index is 0.983. The van der Waals surface area contributed by atoms with Crippen molar-refractivity contribution < 1.29 is 85.0 Å². The summed E-state index contributed by atoms with van der Waals surface area (Å²) in [6.07, 6.45) is -8.17. The van der Waals surface area contributed by atoms with Gasteiger partial charge in [0.2, 0.25) is 11.2 Å². The molecule has 4 aromatic heterocycles. The van der Waals surface area contributed by atoms with Crippen molar-refractivity contribution in [1.82, 2.24) is 39.4 Å². The smallest absolute Gasteiger partial charge is 0.459 e. The second-order valence-electron chi connectivity index (χ2n) is 30.4. The molecular weight excluding hydrogens is 1360 g/mol. The zero-order valence-corrected chi connectivity index (χ0v) is 62.6. The summed E-state index contributed by atoms with van der Waals surface area (Å²) in [6.45, 7) is 29.2. The van der Waals surface area contributed by atoms with E-state index >= 15 is 4.57 Å². The standard InChI is InChI=1S/C70H96N12O18P2/c1-40(2)61(85)95-56-51(98-70(38-72,58(56)96-62(86)41(3)4)53-29-26-48-59(73)75-39-76-81(48)53)36-94-102(90,100-47-24-20-45(21-25-47)67(13,14)15)80-43(6)64(88)92-33-31-68(16,17)34-54-77-60(74)49-27-28-52(82(49)78-54)69(37-71)57(84)55(83)50(97-69)35-93-101(89,79-42(5)63(87)91-32-30-65(7,8)9)99-46-22-18-44(19-23-46)66(10,11)12/h18-29,39-43,50-51,55-58,83-84H,30-36H2,1-17H3,(H,79,89)(H,80,90)(H2,73,75,76)(H2,74,77,78)/t42-,43-,50+,51+,55+,56+,57+,58+,69-,70-,101?,102?/m0/s1. The van der Waals surface area contributed by atoms with Crippen LogP contribution >= 0.6 is 15.5 Å². The molecule has 0 saturated carbocycles. The van der Waals surface area contributed by atoms with Gasteiger partial charge in [-0.2, -0.15) is 30.9 Å². The predicted molar refractivity (Wildman–Crippen MR) is 373 cm³/mol. The van der Waals surface area contributed by atoms with Gasteiger partial charge in [-0.25, -0.2) is 28.1 Å². The van der Waals surface area contributed by atoms with Gasteiger partial charge in [-0.3, -0.25) is 28.2 Å². The topological polar surface area (TPSA) is 419 Å². The van der Waals surface area contributed by atoms with Crippen molar-refractivity contribution in [2.24, 2.45) is 22.7 Å². The summed E-state index contributed by atoms with van der Waals surface area (Å²) in [6, 6.07) is 20.9. The minimum atomic E-state index is -4.79. The van der Waals surface area contributed by atoms with Gasteiger partial charge < -0.3 is 59.1 Å². The molecule has 0 radical (unpaired) electrons. The molecule has 2 aliphatic heterocycles. The number of aromatic nitrogens is 6. The molecule has 0 aliphatic carbocycles. The Labute approximate surface area is 593 Å². The number of esters is 4. The van der Waals surface area contributed by atoms with Crippen LogP contribution < -0.4 is 30.7 Å². The lowest BCUT2D eigenvalue weighted by Crippen LogP contribution is -2.47. The molecule has 32 heteroatoms. The van der Waals surface area contributed by atoms with E-state index in [0.717, 1.165) is 17.5 Å². The van der Waals surface area contributed by atoms with Gasteiger partial charge in [-0.15, -0.1) is 0 Å². The second-order valence-corrected chi connectivity index (χ2v) is 33.7. The maximum Gasteiger partial charge on any atom is 0.459 e. The molecule has 0 amide bonds. The van der Waals surface area contributed by atoms with Gasteiger partial charge in [0.15, 0.2) is 29.7 Å². The molecule has 6 heterocycles. The fourth-order valence-electron chi connectivity index (χ4n) is 11.1. The van der Waals surface area contributed by atoms with Gasteiger partial charge in [0, 0.05) is 6.42 Å². The maximum absolute atomic E-state index is 15.3. The van der Waals surface area contributed by atoms with Crippen LogP contribution in [0.25, 0.3) is 11.0 Å². The molecule has 0 spiro atoms. The molecule has 2 saturated heterocycles. The Bertz CT molecular complexity index is 4190.